The number of hydrogen-bond acceptors (Lipinski definition) is 3. The first-order valence-corrected chi connectivity index (χ1v) is 4.93. The maximum atomic E-state index is 12.8. The van der Waals surface area contributed by atoms with Crippen molar-refractivity contribution in [3.8, 4) is 0 Å². The van der Waals surface area contributed by atoms with Crippen LogP contribution in [0.2, 0.25) is 0 Å². The van der Waals surface area contributed by atoms with Gasteiger partial charge in [0.1, 0.15) is 6.17 Å². The number of nitro groups is 1. The standard InChI is InChI=1S/C9H17FN2O2/c1-9(2,12(13)14)7-11-5-3-8(10)4-6-11/h8H,3-7H2,1-2H3. The zero-order valence-corrected chi connectivity index (χ0v) is 8.70. The SMILES string of the molecule is CC(C)(CN1CCC(F)CC1)[N+](=O)[O-]. The average Bonchev–Trinajstić information content (AvgIpc) is 2.08. The van der Waals surface area contributed by atoms with Gasteiger partial charge >= 0.3 is 0 Å². The van der Waals surface area contributed by atoms with Crippen LogP contribution in [0, 0.1) is 10.1 Å². The van der Waals surface area contributed by atoms with Crippen LogP contribution < -0.4 is 0 Å². The molecular formula is C9H17FN2O2. The van der Waals surface area contributed by atoms with Crippen LogP contribution in [0.5, 0.6) is 0 Å². The van der Waals surface area contributed by atoms with Gasteiger partial charge in [-0.3, -0.25) is 15.0 Å². The molecule has 14 heavy (non-hydrogen) atoms. The summed E-state index contributed by atoms with van der Waals surface area (Å²) in [7, 11) is 0. The molecule has 1 rings (SSSR count). The number of alkyl halides is 1. The summed E-state index contributed by atoms with van der Waals surface area (Å²) < 4.78 is 12.8. The number of halogens is 1. The van der Waals surface area contributed by atoms with E-state index in [0.717, 1.165) is 0 Å². The molecule has 1 aliphatic heterocycles. The van der Waals surface area contributed by atoms with E-state index in [1.165, 1.54) is 0 Å². The molecule has 5 heteroatoms. The number of piperidine rings is 1. The molecule has 1 aliphatic rings. The van der Waals surface area contributed by atoms with E-state index in [0.29, 0.717) is 32.5 Å². The van der Waals surface area contributed by atoms with Crippen molar-refractivity contribution in [3.63, 3.8) is 0 Å². The van der Waals surface area contributed by atoms with Crippen LogP contribution in [0.15, 0.2) is 0 Å². The van der Waals surface area contributed by atoms with Crippen LogP contribution in [0.3, 0.4) is 0 Å². The second kappa shape index (κ2) is 4.21. The molecule has 0 unspecified atom stereocenters. The highest BCUT2D eigenvalue weighted by molar-refractivity contribution is 4.78. The third-order valence-electron chi connectivity index (χ3n) is 2.62. The van der Waals surface area contributed by atoms with Gasteiger partial charge in [0.05, 0.1) is 6.54 Å². The monoisotopic (exact) mass is 204 g/mol. The lowest BCUT2D eigenvalue weighted by Crippen LogP contribution is -2.47. The van der Waals surface area contributed by atoms with Gasteiger partial charge in [-0.25, -0.2) is 4.39 Å². The Kier molecular flexibility index (Phi) is 3.42. The number of nitrogens with zero attached hydrogens (tertiary/aromatic N) is 2. The molecule has 0 radical (unpaired) electrons. The molecule has 0 spiro atoms. The van der Waals surface area contributed by atoms with Gasteiger partial charge < -0.3 is 0 Å². The highest BCUT2D eigenvalue weighted by Crippen LogP contribution is 2.17. The minimum atomic E-state index is -0.927. The van der Waals surface area contributed by atoms with Crippen LogP contribution in [0.25, 0.3) is 0 Å². The van der Waals surface area contributed by atoms with Gasteiger partial charge in [0.2, 0.25) is 5.54 Å². The normalized spacial score (nSPS) is 21.1. The van der Waals surface area contributed by atoms with E-state index >= 15 is 0 Å². The highest BCUT2D eigenvalue weighted by atomic mass is 19.1. The van der Waals surface area contributed by atoms with E-state index in [4.69, 9.17) is 0 Å². The lowest BCUT2D eigenvalue weighted by Gasteiger charge is -2.31. The predicted molar refractivity (Wildman–Crippen MR) is 51.6 cm³/mol. The predicted octanol–water partition coefficient (Wildman–Crippen LogP) is 1.48. The molecule has 0 atom stereocenters. The maximum Gasteiger partial charge on any atom is 0.229 e. The van der Waals surface area contributed by atoms with Gasteiger partial charge in [-0.05, 0) is 12.8 Å². The molecular weight excluding hydrogens is 187 g/mol. The molecule has 1 fully saturated rings. The van der Waals surface area contributed by atoms with E-state index in [1.807, 2.05) is 4.90 Å². The largest absolute Gasteiger partial charge is 0.296 e. The fraction of sp³-hybridized carbons (Fsp3) is 1.00. The van der Waals surface area contributed by atoms with E-state index in [1.54, 1.807) is 13.8 Å². The number of hydrogen-bond donors (Lipinski definition) is 0. The number of likely N-dealkylation sites (tertiary alicyclic amines) is 1. The number of rotatable bonds is 3. The Labute approximate surface area is 83.2 Å². The summed E-state index contributed by atoms with van der Waals surface area (Å²) >= 11 is 0. The van der Waals surface area contributed by atoms with Crippen LogP contribution in [-0.2, 0) is 0 Å². The average molecular weight is 204 g/mol. The molecule has 0 aromatic carbocycles. The Morgan fingerprint density at radius 3 is 2.43 bits per heavy atom. The van der Waals surface area contributed by atoms with Gasteiger partial charge in [0, 0.05) is 31.9 Å². The second-order valence-corrected chi connectivity index (χ2v) is 4.52. The van der Waals surface area contributed by atoms with Crippen LogP contribution in [0.4, 0.5) is 4.39 Å². The summed E-state index contributed by atoms with van der Waals surface area (Å²) in [6.45, 7) is 4.90. The molecule has 1 saturated heterocycles. The molecule has 0 bridgehead atoms. The first-order chi connectivity index (χ1) is 6.42. The molecule has 1 heterocycles. The zero-order chi connectivity index (χ0) is 10.8. The molecule has 0 N–H and O–H groups in total. The van der Waals surface area contributed by atoms with E-state index < -0.39 is 11.7 Å². The van der Waals surface area contributed by atoms with Crippen molar-refractivity contribution in [3.05, 3.63) is 10.1 Å². The van der Waals surface area contributed by atoms with Crippen molar-refractivity contribution in [2.45, 2.75) is 38.4 Å². The lowest BCUT2D eigenvalue weighted by molar-refractivity contribution is -0.561. The van der Waals surface area contributed by atoms with E-state index in [2.05, 4.69) is 0 Å². The second-order valence-electron chi connectivity index (χ2n) is 4.52. The highest BCUT2D eigenvalue weighted by Gasteiger charge is 2.34. The van der Waals surface area contributed by atoms with Crippen LogP contribution in [0.1, 0.15) is 26.7 Å². The fourth-order valence-electron chi connectivity index (χ4n) is 1.66. The summed E-state index contributed by atoms with van der Waals surface area (Å²) in [4.78, 5) is 12.4. The van der Waals surface area contributed by atoms with E-state index in [9.17, 15) is 14.5 Å². The molecule has 82 valence electrons. The minimum absolute atomic E-state index is 0.269. The van der Waals surface area contributed by atoms with Crippen molar-refractivity contribution in [1.82, 2.24) is 4.90 Å². The minimum Gasteiger partial charge on any atom is -0.296 e. The first kappa shape index (κ1) is 11.4. The smallest absolute Gasteiger partial charge is 0.229 e. The fourth-order valence-corrected chi connectivity index (χ4v) is 1.66. The van der Waals surface area contributed by atoms with Gasteiger partial charge in [0.25, 0.3) is 0 Å². The summed E-state index contributed by atoms with van der Waals surface area (Å²) in [6.07, 6.45) is 0.298. The van der Waals surface area contributed by atoms with Crippen molar-refractivity contribution in [2.24, 2.45) is 0 Å². The van der Waals surface area contributed by atoms with Gasteiger partial charge in [0.15, 0.2) is 0 Å². The van der Waals surface area contributed by atoms with Crippen molar-refractivity contribution in [1.29, 1.82) is 0 Å². The van der Waals surface area contributed by atoms with E-state index in [-0.39, 0.29) is 4.92 Å². The molecule has 0 saturated carbocycles. The van der Waals surface area contributed by atoms with Gasteiger partial charge in [-0.15, -0.1) is 0 Å². The lowest BCUT2D eigenvalue weighted by atomic mass is 10.0. The molecule has 0 amide bonds. The third kappa shape index (κ3) is 2.90. The molecule has 0 aliphatic carbocycles. The third-order valence-corrected chi connectivity index (χ3v) is 2.62. The summed E-state index contributed by atoms with van der Waals surface area (Å²) in [5.74, 6) is 0. The topological polar surface area (TPSA) is 46.4 Å². The summed E-state index contributed by atoms with van der Waals surface area (Å²) in [5, 5.41) is 10.7. The Hall–Kier alpha value is -0.710. The molecule has 0 aromatic rings. The van der Waals surface area contributed by atoms with Gasteiger partial charge in [-0.1, -0.05) is 0 Å². The van der Waals surface area contributed by atoms with Crippen LogP contribution in [-0.4, -0.2) is 41.2 Å². The Morgan fingerprint density at radius 1 is 1.50 bits per heavy atom. The Balaban J connectivity index is 2.41. The quantitative estimate of drug-likeness (QED) is 0.516. The molecule has 4 nitrogen and oxygen atoms in total. The molecule has 0 aromatic heterocycles. The Bertz CT molecular complexity index is 213. The zero-order valence-electron chi connectivity index (χ0n) is 8.70. The van der Waals surface area contributed by atoms with Gasteiger partial charge in [-0.2, -0.15) is 0 Å². The first-order valence-electron chi connectivity index (χ1n) is 4.93. The maximum absolute atomic E-state index is 12.8. The Morgan fingerprint density at radius 2 is 2.00 bits per heavy atom. The van der Waals surface area contributed by atoms with Crippen molar-refractivity contribution in [2.75, 3.05) is 19.6 Å². The summed E-state index contributed by atoms with van der Waals surface area (Å²) in [5.41, 5.74) is -0.927. The van der Waals surface area contributed by atoms with Crippen molar-refractivity contribution < 1.29 is 9.31 Å². The summed E-state index contributed by atoms with van der Waals surface area (Å²) in [6, 6.07) is 0. The van der Waals surface area contributed by atoms with Crippen molar-refractivity contribution >= 4 is 0 Å². The van der Waals surface area contributed by atoms with Crippen LogP contribution >= 0.6 is 0 Å².